The molecule has 0 N–H and O–H groups in total. The van der Waals surface area contributed by atoms with Crippen molar-refractivity contribution >= 4 is 27.5 Å². The average Bonchev–Trinajstić information content (AvgIpc) is 2.63. The van der Waals surface area contributed by atoms with Gasteiger partial charge < -0.3 is 9.80 Å². The molecule has 0 unspecified atom stereocenters. The van der Waals surface area contributed by atoms with Gasteiger partial charge in [0.05, 0.1) is 6.54 Å². The van der Waals surface area contributed by atoms with Gasteiger partial charge in [0.2, 0.25) is 5.91 Å². The number of nitrogens with zero attached hydrogens (tertiary/aromatic N) is 4. The predicted molar refractivity (Wildman–Crippen MR) is 106 cm³/mol. The molecule has 0 saturated carbocycles. The number of rotatable bonds is 4. The number of carbonyl (C=O) groups excluding carboxylic acids is 1. The molecule has 2 heterocycles. The van der Waals surface area contributed by atoms with E-state index >= 15 is 0 Å². The number of hydrogen-bond donors (Lipinski definition) is 0. The number of anilines is 1. The highest BCUT2D eigenvalue weighted by molar-refractivity contribution is 9.10. The normalized spacial score (nSPS) is 20.3. The van der Waals surface area contributed by atoms with Gasteiger partial charge >= 0.3 is 0 Å². The van der Waals surface area contributed by atoms with E-state index in [1.807, 2.05) is 4.90 Å². The molecule has 2 aliphatic rings. The first-order valence-corrected chi connectivity index (χ1v) is 10.1. The number of hydrogen-bond acceptors (Lipinski definition) is 4. The molecule has 6 heteroatoms. The summed E-state index contributed by atoms with van der Waals surface area (Å²) in [7, 11) is 0. The molecule has 25 heavy (non-hydrogen) atoms. The van der Waals surface area contributed by atoms with E-state index in [9.17, 15) is 4.79 Å². The lowest BCUT2D eigenvalue weighted by Gasteiger charge is -2.39. The Morgan fingerprint density at radius 1 is 0.960 bits per heavy atom. The summed E-state index contributed by atoms with van der Waals surface area (Å²) in [4.78, 5) is 21.8. The lowest BCUT2D eigenvalue weighted by Crippen LogP contribution is -2.54. The first-order valence-electron chi connectivity index (χ1n) is 9.27. The molecular weight excluding hydrogens is 380 g/mol. The molecule has 2 aliphatic heterocycles. The van der Waals surface area contributed by atoms with E-state index in [0.717, 1.165) is 56.8 Å². The van der Waals surface area contributed by atoms with E-state index in [-0.39, 0.29) is 0 Å². The number of benzene rings is 1. The molecule has 0 bridgehead atoms. The Morgan fingerprint density at radius 3 is 2.12 bits per heavy atom. The third-order valence-electron chi connectivity index (χ3n) is 5.32. The fraction of sp³-hybridized carbons (Fsp3) is 0.632. The molecule has 0 spiro atoms. The SMILES string of the molecule is CC(C)N1CCN(C(=O)CN2CCN(c3ccc(Br)cc3)CC2)CC1. The smallest absolute Gasteiger partial charge is 0.236 e. The number of amides is 1. The van der Waals surface area contributed by atoms with Crippen molar-refractivity contribution in [3.63, 3.8) is 0 Å². The van der Waals surface area contributed by atoms with Crippen LogP contribution in [-0.4, -0.2) is 85.6 Å². The summed E-state index contributed by atoms with van der Waals surface area (Å²) in [6.07, 6.45) is 0. The summed E-state index contributed by atoms with van der Waals surface area (Å²) < 4.78 is 1.11. The number of piperazine rings is 2. The van der Waals surface area contributed by atoms with Gasteiger partial charge in [-0.1, -0.05) is 15.9 Å². The van der Waals surface area contributed by atoms with Crippen molar-refractivity contribution in [1.29, 1.82) is 0 Å². The lowest BCUT2D eigenvalue weighted by molar-refractivity contribution is -0.134. The van der Waals surface area contributed by atoms with Crippen LogP contribution in [0.1, 0.15) is 13.8 Å². The van der Waals surface area contributed by atoms with Crippen LogP contribution in [0.2, 0.25) is 0 Å². The summed E-state index contributed by atoms with van der Waals surface area (Å²) in [6.45, 7) is 12.6. The van der Waals surface area contributed by atoms with Gasteiger partial charge in [-0.15, -0.1) is 0 Å². The van der Waals surface area contributed by atoms with Gasteiger partial charge in [-0.2, -0.15) is 0 Å². The molecule has 1 aromatic carbocycles. The second kappa shape index (κ2) is 8.52. The van der Waals surface area contributed by atoms with Crippen molar-refractivity contribution in [1.82, 2.24) is 14.7 Å². The third kappa shape index (κ3) is 4.96. The van der Waals surface area contributed by atoms with Crippen LogP contribution in [0.5, 0.6) is 0 Å². The van der Waals surface area contributed by atoms with E-state index in [4.69, 9.17) is 0 Å². The summed E-state index contributed by atoms with van der Waals surface area (Å²) in [5.41, 5.74) is 1.26. The van der Waals surface area contributed by atoms with Gasteiger partial charge in [0, 0.05) is 68.6 Å². The maximum Gasteiger partial charge on any atom is 0.236 e. The molecule has 5 nitrogen and oxygen atoms in total. The van der Waals surface area contributed by atoms with Crippen LogP contribution in [0.25, 0.3) is 0 Å². The van der Waals surface area contributed by atoms with E-state index in [1.54, 1.807) is 0 Å². The Morgan fingerprint density at radius 2 is 1.56 bits per heavy atom. The van der Waals surface area contributed by atoms with Crippen molar-refractivity contribution in [3.05, 3.63) is 28.7 Å². The Balaban J connectivity index is 1.43. The summed E-state index contributed by atoms with van der Waals surface area (Å²) in [5.74, 6) is 0.292. The quantitative estimate of drug-likeness (QED) is 0.762. The molecule has 3 rings (SSSR count). The molecule has 0 aromatic heterocycles. The van der Waals surface area contributed by atoms with Gasteiger partial charge in [0.15, 0.2) is 0 Å². The number of halogens is 1. The van der Waals surface area contributed by atoms with Crippen molar-refractivity contribution in [3.8, 4) is 0 Å². The van der Waals surface area contributed by atoms with E-state index in [0.29, 0.717) is 18.5 Å². The van der Waals surface area contributed by atoms with Crippen LogP contribution in [0.4, 0.5) is 5.69 Å². The van der Waals surface area contributed by atoms with E-state index in [1.165, 1.54) is 5.69 Å². The second-order valence-corrected chi connectivity index (χ2v) is 8.17. The Bertz CT molecular complexity index is 561. The Labute approximate surface area is 159 Å². The fourth-order valence-electron chi connectivity index (χ4n) is 3.60. The van der Waals surface area contributed by atoms with Gasteiger partial charge in [-0.3, -0.25) is 14.6 Å². The zero-order valence-electron chi connectivity index (χ0n) is 15.3. The summed E-state index contributed by atoms with van der Waals surface area (Å²) in [5, 5.41) is 0. The molecular formula is C19H29BrN4O. The Kier molecular flexibility index (Phi) is 6.36. The molecule has 0 radical (unpaired) electrons. The molecule has 0 aliphatic carbocycles. The first kappa shape index (κ1) is 18.7. The fourth-order valence-corrected chi connectivity index (χ4v) is 3.86. The van der Waals surface area contributed by atoms with Crippen LogP contribution in [-0.2, 0) is 4.79 Å². The highest BCUT2D eigenvalue weighted by atomic mass is 79.9. The molecule has 2 fully saturated rings. The summed E-state index contributed by atoms with van der Waals surface area (Å²) >= 11 is 3.48. The standard InChI is InChI=1S/C19H29BrN4O/c1-16(2)22-11-13-24(14-12-22)19(25)15-21-7-9-23(10-8-21)18-5-3-17(20)4-6-18/h3-6,16H,7-15H2,1-2H3. The predicted octanol–water partition coefficient (Wildman–Crippen LogP) is 2.12. The van der Waals surface area contributed by atoms with Crippen LogP contribution in [0.3, 0.4) is 0 Å². The highest BCUT2D eigenvalue weighted by Crippen LogP contribution is 2.19. The second-order valence-electron chi connectivity index (χ2n) is 7.25. The van der Waals surface area contributed by atoms with Gasteiger partial charge in [-0.05, 0) is 38.1 Å². The number of carbonyl (C=O) groups is 1. The highest BCUT2D eigenvalue weighted by Gasteiger charge is 2.25. The molecule has 138 valence electrons. The van der Waals surface area contributed by atoms with Crippen LogP contribution in [0.15, 0.2) is 28.7 Å². The zero-order chi connectivity index (χ0) is 17.8. The van der Waals surface area contributed by atoms with E-state index in [2.05, 4.69) is 68.7 Å². The van der Waals surface area contributed by atoms with Crippen LogP contribution >= 0.6 is 15.9 Å². The first-order chi connectivity index (χ1) is 12.0. The molecule has 1 aromatic rings. The van der Waals surface area contributed by atoms with Gasteiger partial charge in [-0.25, -0.2) is 0 Å². The molecule has 2 saturated heterocycles. The Hall–Kier alpha value is -1.11. The van der Waals surface area contributed by atoms with Gasteiger partial charge in [0.1, 0.15) is 0 Å². The van der Waals surface area contributed by atoms with Gasteiger partial charge in [0.25, 0.3) is 0 Å². The largest absolute Gasteiger partial charge is 0.369 e. The monoisotopic (exact) mass is 408 g/mol. The topological polar surface area (TPSA) is 30.0 Å². The van der Waals surface area contributed by atoms with Crippen molar-refractivity contribution in [2.45, 2.75) is 19.9 Å². The maximum absolute atomic E-state index is 12.6. The van der Waals surface area contributed by atoms with Crippen molar-refractivity contribution in [2.24, 2.45) is 0 Å². The lowest BCUT2D eigenvalue weighted by atomic mass is 10.2. The van der Waals surface area contributed by atoms with Crippen LogP contribution in [0, 0.1) is 0 Å². The molecule has 0 atom stereocenters. The minimum atomic E-state index is 0.292. The maximum atomic E-state index is 12.6. The average molecular weight is 409 g/mol. The minimum Gasteiger partial charge on any atom is -0.369 e. The minimum absolute atomic E-state index is 0.292. The van der Waals surface area contributed by atoms with Crippen molar-refractivity contribution < 1.29 is 4.79 Å². The van der Waals surface area contributed by atoms with Crippen LogP contribution < -0.4 is 4.90 Å². The zero-order valence-corrected chi connectivity index (χ0v) is 16.9. The summed E-state index contributed by atoms with van der Waals surface area (Å²) in [6, 6.07) is 9.05. The van der Waals surface area contributed by atoms with Crippen molar-refractivity contribution in [2.75, 3.05) is 63.8 Å². The third-order valence-corrected chi connectivity index (χ3v) is 5.85. The molecule has 1 amide bonds. The van der Waals surface area contributed by atoms with E-state index < -0.39 is 0 Å².